The van der Waals surface area contributed by atoms with Crippen molar-refractivity contribution in [3.8, 4) is 0 Å². The van der Waals surface area contributed by atoms with Crippen molar-refractivity contribution in [3.63, 3.8) is 0 Å². The van der Waals surface area contributed by atoms with Crippen LogP contribution in [0.5, 0.6) is 0 Å². The molecule has 0 aliphatic rings. The Labute approximate surface area is 63.0 Å². The van der Waals surface area contributed by atoms with Crippen LogP contribution in [0.2, 0.25) is 0 Å². The highest BCUT2D eigenvalue weighted by Crippen LogP contribution is 1.99. The average molecular weight is 142 g/mol. The van der Waals surface area contributed by atoms with Crippen molar-refractivity contribution in [2.75, 3.05) is 0 Å². The Balaban J connectivity index is 3.44. The monoisotopic (exact) mass is 142 g/mol. The van der Waals surface area contributed by atoms with Gasteiger partial charge in [0.25, 0.3) is 0 Å². The third kappa shape index (κ3) is 5.60. The van der Waals surface area contributed by atoms with Gasteiger partial charge in [-0.3, -0.25) is 4.79 Å². The van der Waals surface area contributed by atoms with Crippen LogP contribution in [0.3, 0.4) is 0 Å². The fourth-order valence-electron chi connectivity index (χ4n) is 0.690. The quantitative estimate of drug-likeness (QED) is 0.588. The normalized spacial score (nSPS) is 10.6. The number of carbonyl (C=O) groups excluding carboxylic acids is 1. The van der Waals surface area contributed by atoms with Gasteiger partial charge in [0.1, 0.15) is 0 Å². The van der Waals surface area contributed by atoms with Crippen LogP contribution in [0.25, 0.3) is 0 Å². The van der Waals surface area contributed by atoms with Gasteiger partial charge in [-0.1, -0.05) is 13.8 Å². The molecule has 1 amide bonds. The fraction of sp³-hybridized carbons (Fsp3) is 0.875. The topological polar surface area (TPSA) is 31.2 Å². The van der Waals surface area contributed by atoms with Crippen molar-refractivity contribution in [2.24, 2.45) is 5.92 Å². The van der Waals surface area contributed by atoms with Gasteiger partial charge in [-0.25, -0.2) is 5.32 Å². The Bertz CT molecular complexity index is 95.8. The fourth-order valence-corrected chi connectivity index (χ4v) is 0.690. The van der Waals surface area contributed by atoms with Crippen LogP contribution < -0.4 is 5.32 Å². The predicted octanol–water partition coefficient (Wildman–Crippen LogP) is 1.57. The van der Waals surface area contributed by atoms with E-state index in [1.165, 1.54) is 0 Å². The molecular formula is C8H16NO. The smallest absolute Gasteiger partial charge is 0.241 e. The van der Waals surface area contributed by atoms with Gasteiger partial charge in [-0.2, -0.15) is 0 Å². The van der Waals surface area contributed by atoms with Crippen LogP contribution in [0.4, 0.5) is 0 Å². The number of amides is 1. The molecule has 0 aliphatic carbocycles. The van der Waals surface area contributed by atoms with Gasteiger partial charge in [0.15, 0.2) is 0 Å². The maximum absolute atomic E-state index is 10.9. The Hall–Kier alpha value is -0.530. The lowest BCUT2D eigenvalue weighted by molar-refractivity contribution is -0.122. The van der Waals surface area contributed by atoms with E-state index in [2.05, 4.69) is 5.32 Å². The summed E-state index contributed by atoms with van der Waals surface area (Å²) < 4.78 is 0. The lowest BCUT2D eigenvalue weighted by Crippen LogP contribution is -2.23. The Kier molecular flexibility index (Phi) is 4.08. The number of rotatable bonds is 3. The number of hydrogen-bond donors (Lipinski definition) is 0. The van der Waals surface area contributed by atoms with E-state index in [0.29, 0.717) is 12.3 Å². The molecule has 2 nitrogen and oxygen atoms in total. The van der Waals surface area contributed by atoms with Crippen LogP contribution in [0.1, 0.15) is 34.1 Å². The third-order valence-electron chi connectivity index (χ3n) is 0.985. The van der Waals surface area contributed by atoms with E-state index in [0.717, 1.165) is 0 Å². The minimum Gasteiger partial charge on any atom is -0.273 e. The lowest BCUT2D eigenvalue weighted by atomic mass is 10.1. The third-order valence-corrected chi connectivity index (χ3v) is 0.985. The molecular weight excluding hydrogens is 126 g/mol. The van der Waals surface area contributed by atoms with E-state index in [1.54, 1.807) is 0 Å². The summed E-state index contributed by atoms with van der Waals surface area (Å²) in [5, 5.41) is 3.88. The van der Waals surface area contributed by atoms with Crippen molar-refractivity contribution >= 4 is 5.91 Å². The van der Waals surface area contributed by atoms with E-state index in [-0.39, 0.29) is 11.9 Å². The molecule has 0 N–H and O–H groups in total. The molecule has 0 saturated heterocycles. The van der Waals surface area contributed by atoms with Crippen molar-refractivity contribution in [1.82, 2.24) is 5.32 Å². The lowest BCUT2D eigenvalue weighted by Gasteiger charge is -2.05. The zero-order valence-electron chi connectivity index (χ0n) is 7.22. The molecule has 0 fully saturated rings. The van der Waals surface area contributed by atoms with Crippen LogP contribution >= 0.6 is 0 Å². The molecule has 0 aromatic carbocycles. The second-order valence-electron chi connectivity index (χ2n) is 3.21. The standard InChI is InChI=1S/C8H16NO/c1-6(2)5-8(10)9-7(3)4/h6-7H,5H2,1-4H3. The average Bonchev–Trinajstić information content (AvgIpc) is 1.58. The minimum atomic E-state index is 0.0324. The molecule has 10 heavy (non-hydrogen) atoms. The van der Waals surface area contributed by atoms with Crippen LogP contribution in [-0.4, -0.2) is 11.9 Å². The molecule has 0 bridgehead atoms. The predicted molar refractivity (Wildman–Crippen MR) is 41.7 cm³/mol. The highest BCUT2D eigenvalue weighted by atomic mass is 16.1. The van der Waals surface area contributed by atoms with E-state index >= 15 is 0 Å². The molecule has 0 atom stereocenters. The second-order valence-corrected chi connectivity index (χ2v) is 3.21. The van der Waals surface area contributed by atoms with Crippen molar-refractivity contribution in [2.45, 2.75) is 40.2 Å². The van der Waals surface area contributed by atoms with Crippen molar-refractivity contribution in [1.29, 1.82) is 0 Å². The number of carbonyl (C=O) groups is 1. The highest BCUT2D eigenvalue weighted by molar-refractivity contribution is 5.75. The molecule has 0 heterocycles. The second kappa shape index (κ2) is 4.31. The molecule has 2 heteroatoms. The van der Waals surface area contributed by atoms with Crippen molar-refractivity contribution in [3.05, 3.63) is 0 Å². The molecule has 0 unspecified atom stereocenters. The van der Waals surface area contributed by atoms with Gasteiger partial charge in [0.2, 0.25) is 5.91 Å². The zero-order valence-corrected chi connectivity index (χ0v) is 7.22. The number of hydrogen-bond acceptors (Lipinski definition) is 1. The van der Waals surface area contributed by atoms with E-state index in [4.69, 9.17) is 0 Å². The van der Waals surface area contributed by atoms with Gasteiger partial charge >= 0.3 is 0 Å². The Morgan fingerprint density at radius 3 is 2.10 bits per heavy atom. The molecule has 0 spiro atoms. The summed E-state index contributed by atoms with van der Waals surface area (Å²) in [4.78, 5) is 10.9. The summed E-state index contributed by atoms with van der Waals surface area (Å²) in [6.07, 6.45) is 0.582. The minimum absolute atomic E-state index is 0.0324. The summed E-state index contributed by atoms with van der Waals surface area (Å²) in [6.45, 7) is 7.87. The number of nitrogens with zero attached hydrogens (tertiary/aromatic N) is 1. The SMILES string of the molecule is CC(C)CC(=O)[N]C(C)C. The van der Waals surface area contributed by atoms with Gasteiger partial charge < -0.3 is 0 Å². The summed E-state index contributed by atoms with van der Waals surface area (Å²) in [5.41, 5.74) is 0. The van der Waals surface area contributed by atoms with E-state index in [1.807, 2.05) is 27.7 Å². The molecule has 1 radical (unpaired) electrons. The first-order valence-electron chi connectivity index (χ1n) is 3.76. The van der Waals surface area contributed by atoms with Crippen molar-refractivity contribution < 1.29 is 4.79 Å². The molecule has 0 aromatic rings. The van der Waals surface area contributed by atoms with E-state index in [9.17, 15) is 4.79 Å². The zero-order chi connectivity index (χ0) is 8.15. The first kappa shape index (κ1) is 9.47. The maximum atomic E-state index is 10.9. The summed E-state index contributed by atoms with van der Waals surface area (Å²) in [6, 6.07) is 0.145. The van der Waals surface area contributed by atoms with Gasteiger partial charge in [0, 0.05) is 12.5 Å². The van der Waals surface area contributed by atoms with Crippen LogP contribution in [0, 0.1) is 5.92 Å². The largest absolute Gasteiger partial charge is 0.273 e. The van der Waals surface area contributed by atoms with Gasteiger partial charge in [0.05, 0.1) is 0 Å². The summed E-state index contributed by atoms with van der Waals surface area (Å²) in [5.74, 6) is 0.458. The molecule has 0 rings (SSSR count). The molecule has 0 aliphatic heterocycles. The molecule has 59 valence electrons. The van der Waals surface area contributed by atoms with Crippen LogP contribution in [-0.2, 0) is 4.79 Å². The summed E-state index contributed by atoms with van der Waals surface area (Å²) in [7, 11) is 0. The Morgan fingerprint density at radius 2 is 1.80 bits per heavy atom. The molecule has 0 aromatic heterocycles. The first-order valence-corrected chi connectivity index (χ1v) is 3.76. The first-order chi connectivity index (χ1) is 4.52. The highest BCUT2D eigenvalue weighted by Gasteiger charge is 2.06. The Morgan fingerprint density at radius 1 is 1.30 bits per heavy atom. The van der Waals surface area contributed by atoms with Gasteiger partial charge in [-0.05, 0) is 19.8 Å². The summed E-state index contributed by atoms with van der Waals surface area (Å²) >= 11 is 0. The van der Waals surface area contributed by atoms with Gasteiger partial charge in [-0.15, -0.1) is 0 Å². The molecule has 0 saturated carbocycles. The van der Waals surface area contributed by atoms with E-state index < -0.39 is 0 Å². The van der Waals surface area contributed by atoms with Crippen LogP contribution in [0.15, 0.2) is 0 Å². The maximum Gasteiger partial charge on any atom is 0.241 e.